The van der Waals surface area contributed by atoms with Crippen LogP contribution in [0.25, 0.3) is 0 Å². The highest BCUT2D eigenvalue weighted by Gasteiger charge is 2.50. The summed E-state index contributed by atoms with van der Waals surface area (Å²) in [7, 11) is -8.27. The van der Waals surface area contributed by atoms with Crippen LogP contribution in [0.1, 0.15) is 36.8 Å². The molecule has 216 valence electrons. The molecule has 0 atom stereocenters. The topological polar surface area (TPSA) is 92.8 Å². The Hall–Kier alpha value is -2.13. The predicted octanol–water partition coefficient (Wildman–Crippen LogP) is 3.85. The zero-order valence-electron chi connectivity index (χ0n) is 20.9. The van der Waals surface area contributed by atoms with Gasteiger partial charge in [0.05, 0.1) is 29.4 Å². The summed E-state index contributed by atoms with van der Waals surface area (Å²) in [6.45, 7) is 2.56. The monoisotopic (exact) mass is 596 g/mol. The number of ether oxygens (including phenoxy) is 1. The fourth-order valence-electron chi connectivity index (χ4n) is 5.17. The molecule has 2 aromatic carbocycles. The lowest BCUT2D eigenvalue weighted by Crippen LogP contribution is -2.47. The zero-order valence-corrected chi connectivity index (χ0v) is 22.5. The molecular weight excluding hydrogens is 567 g/mol. The van der Waals surface area contributed by atoms with Crippen molar-refractivity contribution in [3.63, 3.8) is 0 Å². The molecule has 0 radical (unpaired) electrons. The maximum Gasteiger partial charge on any atom is 0.416 e. The largest absolute Gasteiger partial charge is 0.416 e. The Balaban J connectivity index is 1.58. The standard InChI is InChI=1S/C25H29F5N2O5S2/c26-19-3-6-23(27)22(17-19)24(39(35,36)21-4-1-18(2-5-21)25(28,29)30)9-7-20(8-10-24)31-38(33,34)16-13-32-11-14-37-15-12-32/h1-6,17,20,31H,7-16H2/t20-,24+. The summed E-state index contributed by atoms with van der Waals surface area (Å²) in [6.07, 6.45) is -5.24. The summed E-state index contributed by atoms with van der Waals surface area (Å²) >= 11 is 0. The molecule has 2 fully saturated rings. The molecule has 1 aliphatic heterocycles. The number of halogens is 5. The summed E-state index contributed by atoms with van der Waals surface area (Å²) in [5.41, 5.74) is -1.49. The molecule has 0 bridgehead atoms. The Kier molecular flexibility index (Phi) is 8.72. The fourth-order valence-corrected chi connectivity index (χ4v) is 8.69. The van der Waals surface area contributed by atoms with E-state index in [9.17, 15) is 34.4 Å². The summed E-state index contributed by atoms with van der Waals surface area (Å²) in [6, 6.07) is 4.62. The maximum absolute atomic E-state index is 15.0. The van der Waals surface area contributed by atoms with Gasteiger partial charge in [-0.15, -0.1) is 0 Å². The van der Waals surface area contributed by atoms with Crippen molar-refractivity contribution in [2.45, 2.75) is 47.5 Å². The first-order chi connectivity index (χ1) is 18.2. The number of alkyl halides is 3. The molecule has 1 heterocycles. The van der Waals surface area contributed by atoms with E-state index in [1.807, 2.05) is 4.90 Å². The number of sulfonamides is 1. The SMILES string of the molecule is O=S(=O)(CCN1CCOCC1)N[C@H]1CC[C@@](c2cc(F)ccc2F)(S(=O)(=O)c2ccc(C(F)(F)F)cc2)CC1. The highest BCUT2D eigenvalue weighted by molar-refractivity contribution is 7.92. The van der Waals surface area contributed by atoms with Gasteiger partial charge >= 0.3 is 6.18 Å². The molecule has 1 saturated carbocycles. The maximum atomic E-state index is 15.0. The van der Waals surface area contributed by atoms with Gasteiger partial charge in [0, 0.05) is 31.2 Å². The molecule has 1 N–H and O–H groups in total. The van der Waals surface area contributed by atoms with Gasteiger partial charge in [-0.1, -0.05) is 0 Å². The van der Waals surface area contributed by atoms with E-state index in [4.69, 9.17) is 4.74 Å². The van der Waals surface area contributed by atoms with Gasteiger partial charge in [-0.25, -0.2) is 30.3 Å². The lowest BCUT2D eigenvalue weighted by molar-refractivity contribution is -0.137. The average Bonchev–Trinajstić information content (AvgIpc) is 2.89. The van der Waals surface area contributed by atoms with Gasteiger partial charge in [-0.05, 0) is 68.1 Å². The van der Waals surface area contributed by atoms with E-state index in [1.54, 1.807) is 0 Å². The highest BCUT2D eigenvalue weighted by Crippen LogP contribution is 2.48. The number of nitrogens with zero attached hydrogens (tertiary/aromatic N) is 1. The molecule has 2 aliphatic rings. The third-order valence-corrected chi connectivity index (χ3v) is 11.3. The number of hydrogen-bond donors (Lipinski definition) is 1. The number of hydrogen-bond acceptors (Lipinski definition) is 6. The van der Waals surface area contributed by atoms with Crippen LogP contribution in [0.3, 0.4) is 0 Å². The minimum Gasteiger partial charge on any atom is -0.379 e. The Morgan fingerprint density at radius 3 is 2.15 bits per heavy atom. The molecule has 2 aromatic rings. The summed E-state index contributed by atoms with van der Waals surface area (Å²) in [5.74, 6) is -2.02. The van der Waals surface area contributed by atoms with E-state index in [1.165, 1.54) is 0 Å². The van der Waals surface area contributed by atoms with E-state index in [0.29, 0.717) is 45.0 Å². The van der Waals surface area contributed by atoms with Crippen LogP contribution in [0.4, 0.5) is 22.0 Å². The van der Waals surface area contributed by atoms with Crippen molar-refractivity contribution >= 4 is 19.9 Å². The number of benzene rings is 2. The van der Waals surface area contributed by atoms with Gasteiger partial charge in [0.15, 0.2) is 9.84 Å². The van der Waals surface area contributed by atoms with Crippen molar-refractivity contribution in [1.29, 1.82) is 0 Å². The molecule has 0 spiro atoms. The van der Waals surface area contributed by atoms with Gasteiger partial charge in [-0.2, -0.15) is 13.2 Å². The molecule has 1 saturated heterocycles. The summed E-state index contributed by atoms with van der Waals surface area (Å²) in [5, 5.41) is 0. The van der Waals surface area contributed by atoms with Crippen molar-refractivity contribution in [1.82, 2.24) is 9.62 Å². The Morgan fingerprint density at radius 2 is 1.56 bits per heavy atom. The quantitative estimate of drug-likeness (QED) is 0.466. The minimum absolute atomic E-state index is 0.00734. The number of rotatable bonds is 8. The van der Waals surface area contributed by atoms with Crippen LogP contribution in [-0.4, -0.2) is 66.4 Å². The summed E-state index contributed by atoms with van der Waals surface area (Å²) in [4.78, 5) is 1.49. The number of nitrogens with one attached hydrogen (secondary N) is 1. The van der Waals surface area contributed by atoms with Crippen molar-refractivity contribution < 1.29 is 43.5 Å². The van der Waals surface area contributed by atoms with E-state index in [2.05, 4.69) is 4.72 Å². The third kappa shape index (κ3) is 6.62. The zero-order chi connectivity index (χ0) is 28.5. The van der Waals surface area contributed by atoms with Crippen LogP contribution in [0, 0.1) is 11.6 Å². The molecule has 4 rings (SSSR count). The van der Waals surface area contributed by atoms with Crippen molar-refractivity contribution in [2.24, 2.45) is 0 Å². The lowest BCUT2D eigenvalue weighted by atomic mass is 9.80. The van der Waals surface area contributed by atoms with Crippen LogP contribution in [-0.2, 0) is 35.5 Å². The van der Waals surface area contributed by atoms with E-state index >= 15 is 4.39 Å². The van der Waals surface area contributed by atoms with Gasteiger partial charge in [-0.3, -0.25) is 4.90 Å². The van der Waals surface area contributed by atoms with Crippen molar-refractivity contribution in [3.8, 4) is 0 Å². The number of sulfone groups is 1. The molecule has 14 heteroatoms. The van der Waals surface area contributed by atoms with Crippen LogP contribution in [0.2, 0.25) is 0 Å². The molecule has 0 amide bonds. The molecule has 0 aromatic heterocycles. The minimum atomic E-state index is -4.69. The van der Waals surface area contributed by atoms with Crippen molar-refractivity contribution in [2.75, 3.05) is 38.6 Å². The third-order valence-electron chi connectivity index (χ3n) is 7.35. The molecular formula is C25H29F5N2O5S2. The first kappa shape index (κ1) is 29.8. The fraction of sp³-hybridized carbons (Fsp3) is 0.520. The second-order valence-corrected chi connectivity index (χ2v) is 13.9. The number of morpholine rings is 1. The van der Waals surface area contributed by atoms with Gasteiger partial charge in [0.25, 0.3) is 0 Å². The Labute approximate surface area is 224 Å². The summed E-state index contributed by atoms with van der Waals surface area (Å²) < 4.78 is 127. The van der Waals surface area contributed by atoms with Crippen LogP contribution in [0.15, 0.2) is 47.4 Å². The van der Waals surface area contributed by atoms with E-state index < -0.39 is 64.5 Å². The normalized spacial score (nSPS) is 23.6. The molecule has 1 aliphatic carbocycles. The molecule has 0 unspecified atom stereocenters. The van der Waals surface area contributed by atoms with E-state index in [0.717, 1.165) is 30.3 Å². The van der Waals surface area contributed by atoms with Gasteiger partial charge in [0.1, 0.15) is 16.4 Å². The Bertz CT molecular complexity index is 1370. The lowest BCUT2D eigenvalue weighted by Gasteiger charge is -2.40. The second-order valence-electron chi connectivity index (χ2n) is 9.81. The Morgan fingerprint density at radius 1 is 0.949 bits per heavy atom. The van der Waals surface area contributed by atoms with Crippen LogP contribution in [0.5, 0.6) is 0 Å². The predicted molar refractivity (Wildman–Crippen MR) is 133 cm³/mol. The highest BCUT2D eigenvalue weighted by atomic mass is 32.2. The smallest absolute Gasteiger partial charge is 0.379 e. The average molecular weight is 597 g/mol. The first-order valence-corrected chi connectivity index (χ1v) is 15.5. The second kappa shape index (κ2) is 11.4. The van der Waals surface area contributed by atoms with Crippen molar-refractivity contribution in [3.05, 3.63) is 65.2 Å². The first-order valence-electron chi connectivity index (χ1n) is 12.4. The van der Waals surface area contributed by atoms with Crippen LogP contribution < -0.4 is 4.72 Å². The van der Waals surface area contributed by atoms with Crippen LogP contribution >= 0.6 is 0 Å². The van der Waals surface area contributed by atoms with E-state index in [-0.39, 0.29) is 31.4 Å². The molecule has 39 heavy (non-hydrogen) atoms. The van der Waals surface area contributed by atoms with Gasteiger partial charge in [0.2, 0.25) is 10.0 Å². The van der Waals surface area contributed by atoms with Gasteiger partial charge < -0.3 is 4.74 Å². The molecule has 7 nitrogen and oxygen atoms in total.